The summed E-state index contributed by atoms with van der Waals surface area (Å²) in [5.41, 5.74) is 1.50. The highest BCUT2D eigenvalue weighted by atomic mass is 16.3. The van der Waals surface area contributed by atoms with Gasteiger partial charge in [0.05, 0.1) is 6.10 Å². The average Bonchev–Trinajstić information content (AvgIpc) is 2.35. The average molecular weight is 236 g/mol. The second kappa shape index (κ2) is 6.52. The molecule has 0 aliphatic carbocycles. The van der Waals surface area contributed by atoms with E-state index in [1.54, 1.807) is 12.1 Å². The number of aliphatic hydroxyl groups excluding tert-OH is 2. The van der Waals surface area contributed by atoms with Gasteiger partial charge in [-0.3, -0.25) is 4.79 Å². The van der Waals surface area contributed by atoms with Gasteiger partial charge in [-0.2, -0.15) is 0 Å². The largest absolute Gasteiger partial charge is 0.390 e. The van der Waals surface area contributed by atoms with Crippen LogP contribution >= 0.6 is 0 Å². The molecule has 17 heavy (non-hydrogen) atoms. The second-order valence-corrected chi connectivity index (χ2v) is 4.38. The van der Waals surface area contributed by atoms with Gasteiger partial charge in [0.25, 0.3) is 0 Å². The molecule has 0 aliphatic rings. The molecule has 0 fully saturated rings. The summed E-state index contributed by atoms with van der Waals surface area (Å²) in [6.45, 7) is 3.93. The van der Waals surface area contributed by atoms with E-state index in [2.05, 4.69) is 0 Å². The molecular formula is C14H20O3. The summed E-state index contributed by atoms with van der Waals surface area (Å²) in [5, 5.41) is 19.4. The van der Waals surface area contributed by atoms with Crippen molar-refractivity contribution in [2.75, 3.05) is 0 Å². The number of benzene rings is 1. The molecule has 0 aromatic heterocycles. The van der Waals surface area contributed by atoms with Crippen molar-refractivity contribution in [3.8, 4) is 0 Å². The van der Waals surface area contributed by atoms with Crippen LogP contribution in [0.5, 0.6) is 0 Å². The van der Waals surface area contributed by atoms with Gasteiger partial charge in [-0.25, -0.2) is 0 Å². The molecular weight excluding hydrogens is 216 g/mol. The minimum atomic E-state index is -1.32. The van der Waals surface area contributed by atoms with E-state index in [1.807, 2.05) is 26.0 Å². The lowest BCUT2D eigenvalue weighted by Gasteiger charge is -2.16. The Morgan fingerprint density at radius 3 is 2.35 bits per heavy atom. The Morgan fingerprint density at radius 2 is 1.82 bits per heavy atom. The van der Waals surface area contributed by atoms with Crippen molar-refractivity contribution < 1.29 is 15.0 Å². The molecule has 0 aliphatic heterocycles. The van der Waals surface area contributed by atoms with Crippen molar-refractivity contribution in [3.05, 3.63) is 35.4 Å². The van der Waals surface area contributed by atoms with E-state index >= 15 is 0 Å². The summed E-state index contributed by atoms with van der Waals surface area (Å²) >= 11 is 0. The van der Waals surface area contributed by atoms with Crippen LogP contribution in [0.4, 0.5) is 0 Å². The van der Waals surface area contributed by atoms with E-state index in [9.17, 15) is 15.0 Å². The molecule has 0 heterocycles. The molecule has 1 aromatic carbocycles. The Morgan fingerprint density at radius 1 is 1.24 bits per heavy atom. The van der Waals surface area contributed by atoms with E-state index in [4.69, 9.17) is 0 Å². The fourth-order valence-electron chi connectivity index (χ4n) is 1.63. The minimum Gasteiger partial charge on any atom is -0.390 e. The molecule has 0 spiro atoms. The van der Waals surface area contributed by atoms with Gasteiger partial charge in [-0.05, 0) is 13.3 Å². The van der Waals surface area contributed by atoms with Gasteiger partial charge in [0.1, 0.15) is 6.10 Å². The van der Waals surface area contributed by atoms with Crippen LogP contribution in [0, 0.1) is 6.92 Å². The first-order chi connectivity index (χ1) is 8.06. The first kappa shape index (κ1) is 13.9. The third-order valence-electron chi connectivity index (χ3n) is 2.82. The molecule has 0 radical (unpaired) electrons. The van der Waals surface area contributed by atoms with Crippen molar-refractivity contribution in [1.29, 1.82) is 0 Å². The third-order valence-corrected chi connectivity index (χ3v) is 2.82. The lowest BCUT2D eigenvalue weighted by Crippen LogP contribution is -2.33. The SMILES string of the molecule is CCCC[C@@H](O)[C@H](O)C(=O)c1ccc(C)cc1. The number of carbonyl (C=O) groups excluding carboxylic acids is 1. The van der Waals surface area contributed by atoms with Gasteiger partial charge >= 0.3 is 0 Å². The Balaban J connectivity index is 2.65. The molecule has 1 rings (SSSR count). The highest BCUT2D eigenvalue weighted by Crippen LogP contribution is 2.12. The summed E-state index contributed by atoms with van der Waals surface area (Å²) in [5.74, 6) is -0.409. The number of aliphatic hydroxyl groups is 2. The molecule has 0 saturated carbocycles. The number of unbranched alkanes of at least 4 members (excludes halogenated alkanes) is 1. The van der Waals surface area contributed by atoms with Crippen LogP contribution in [0.25, 0.3) is 0 Å². The van der Waals surface area contributed by atoms with Crippen LogP contribution in [-0.2, 0) is 0 Å². The van der Waals surface area contributed by atoms with E-state index < -0.39 is 18.0 Å². The Bertz CT molecular complexity index is 356. The highest BCUT2D eigenvalue weighted by Gasteiger charge is 2.24. The number of aryl methyl sites for hydroxylation is 1. The van der Waals surface area contributed by atoms with Crippen LogP contribution in [0.2, 0.25) is 0 Å². The maximum absolute atomic E-state index is 11.9. The van der Waals surface area contributed by atoms with Crippen LogP contribution in [0.3, 0.4) is 0 Å². The molecule has 0 saturated heterocycles. The lowest BCUT2D eigenvalue weighted by molar-refractivity contribution is 0.0169. The van der Waals surface area contributed by atoms with Gasteiger partial charge < -0.3 is 10.2 Å². The van der Waals surface area contributed by atoms with Gasteiger partial charge in [0.15, 0.2) is 5.78 Å². The summed E-state index contributed by atoms with van der Waals surface area (Å²) < 4.78 is 0. The maximum atomic E-state index is 11.9. The molecule has 1 aromatic rings. The van der Waals surface area contributed by atoms with Gasteiger partial charge in [0.2, 0.25) is 0 Å². The smallest absolute Gasteiger partial charge is 0.193 e. The summed E-state index contributed by atoms with van der Waals surface area (Å²) in [6, 6.07) is 6.98. The zero-order valence-corrected chi connectivity index (χ0v) is 10.4. The van der Waals surface area contributed by atoms with Crippen LogP contribution in [0.1, 0.15) is 42.1 Å². The summed E-state index contributed by atoms with van der Waals surface area (Å²) in [4.78, 5) is 11.9. The predicted molar refractivity (Wildman–Crippen MR) is 67.0 cm³/mol. The fraction of sp³-hybridized carbons (Fsp3) is 0.500. The van der Waals surface area contributed by atoms with Crippen molar-refractivity contribution in [2.45, 2.75) is 45.3 Å². The van der Waals surface area contributed by atoms with E-state index in [1.165, 1.54) is 0 Å². The molecule has 2 atom stereocenters. The Hall–Kier alpha value is -1.19. The van der Waals surface area contributed by atoms with Crippen molar-refractivity contribution in [3.63, 3.8) is 0 Å². The number of rotatable bonds is 6. The molecule has 94 valence electrons. The first-order valence-corrected chi connectivity index (χ1v) is 6.03. The standard InChI is InChI=1S/C14H20O3/c1-3-4-5-12(15)14(17)13(16)11-8-6-10(2)7-9-11/h6-9,12,14-15,17H,3-5H2,1-2H3/t12-,14+/m1/s1. The van der Waals surface area contributed by atoms with Crippen molar-refractivity contribution in [2.24, 2.45) is 0 Å². The number of hydrogen-bond acceptors (Lipinski definition) is 3. The zero-order valence-electron chi connectivity index (χ0n) is 10.4. The van der Waals surface area contributed by atoms with Crippen LogP contribution in [0.15, 0.2) is 24.3 Å². The topological polar surface area (TPSA) is 57.5 Å². The number of carbonyl (C=O) groups is 1. The Kier molecular flexibility index (Phi) is 5.32. The monoisotopic (exact) mass is 236 g/mol. The highest BCUT2D eigenvalue weighted by molar-refractivity contribution is 5.99. The predicted octanol–water partition coefficient (Wildman–Crippen LogP) is 2.09. The molecule has 0 bridgehead atoms. The number of hydrogen-bond donors (Lipinski definition) is 2. The number of ketones is 1. The molecule has 0 unspecified atom stereocenters. The van der Waals surface area contributed by atoms with Gasteiger partial charge in [-0.15, -0.1) is 0 Å². The lowest BCUT2D eigenvalue weighted by atomic mass is 9.98. The quantitative estimate of drug-likeness (QED) is 0.744. The zero-order chi connectivity index (χ0) is 12.8. The van der Waals surface area contributed by atoms with Crippen molar-refractivity contribution in [1.82, 2.24) is 0 Å². The fourth-order valence-corrected chi connectivity index (χ4v) is 1.63. The summed E-state index contributed by atoms with van der Waals surface area (Å²) in [7, 11) is 0. The Labute approximate surface area is 102 Å². The number of Topliss-reactive ketones (excluding diaryl/α,β-unsaturated/α-hetero) is 1. The van der Waals surface area contributed by atoms with Crippen molar-refractivity contribution >= 4 is 5.78 Å². The molecule has 2 N–H and O–H groups in total. The van der Waals surface area contributed by atoms with Gasteiger partial charge in [0, 0.05) is 5.56 Å². The van der Waals surface area contributed by atoms with Crippen LogP contribution < -0.4 is 0 Å². The van der Waals surface area contributed by atoms with Gasteiger partial charge in [-0.1, -0.05) is 49.6 Å². The van der Waals surface area contributed by atoms with E-state index in [0.29, 0.717) is 12.0 Å². The molecule has 3 nitrogen and oxygen atoms in total. The molecule has 0 amide bonds. The third kappa shape index (κ3) is 3.95. The maximum Gasteiger partial charge on any atom is 0.193 e. The van der Waals surface area contributed by atoms with E-state index in [0.717, 1.165) is 18.4 Å². The summed E-state index contributed by atoms with van der Waals surface area (Å²) in [6.07, 6.45) is -0.0926. The minimum absolute atomic E-state index is 0.409. The molecule has 3 heteroatoms. The van der Waals surface area contributed by atoms with Crippen LogP contribution in [-0.4, -0.2) is 28.2 Å². The second-order valence-electron chi connectivity index (χ2n) is 4.38. The normalized spacial score (nSPS) is 14.4. The van der Waals surface area contributed by atoms with E-state index in [-0.39, 0.29) is 0 Å². The first-order valence-electron chi connectivity index (χ1n) is 6.03.